The lowest BCUT2D eigenvalue weighted by Gasteiger charge is -2.19. The zero-order valence-corrected chi connectivity index (χ0v) is 13.8. The molecule has 5 nitrogen and oxygen atoms in total. The van der Waals surface area contributed by atoms with Gasteiger partial charge in [-0.3, -0.25) is 0 Å². The normalized spacial score (nSPS) is 14.1. The van der Waals surface area contributed by atoms with Crippen molar-refractivity contribution in [2.45, 2.75) is 26.3 Å². The predicted molar refractivity (Wildman–Crippen MR) is 101 cm³/mol. The lowest BCUT2D eigenvalue weighted by molar-refractivity contribution is 0.989. The average Bonchev–Trinajstić information content (AvgIpc) is 2.58. The predicted octanol–water partition coefficient (Wildman–Crippen LogP) is 3.41. The van der Waals surface area contributed by atoms with Crippen molar-refractivity contribution in [2.24, 2.45) is 5.73 Å². The summed E-state index contributed by atoms with van der Waals surface area (Å²) in [6.45, 7) is 2.42. The Balaban J connectivity index is 2.00. The highest BCUT2D eigenvalue weighted by Gasteiger charge is 2.15. The number of nitrogens with two attached hydrogens (primary N) is 3. The highest BCUT2D eigenvalue weighted by atomic mass is 15.0. The van der Waals surface area contributed by atoms with Crippen LogP contribution < -0.4 is 22.5 Å². The third-order valence-corrected chi connectivity index (χ3v) is 4.27. The largest absolute Gasteiger partial charge is 0.399 e. The van der Waals surface area contributed by atoms with Crippen molar-refractivity contribution in [1.29, 1.82) is 0 Å². The number of hydrogen-bond donors (Lipinski definition) is 4. The zero-order valence-electron chi connectivity index (χ0n) is 13.8. The van der Waals surface area contributed by atoms with E-state index >= 15 is 0 Å². The third-order valence-electron chi connectivity index (χ3n) is 4.27. The molecule has 0 atom stereocenters. The maximum absolute atomic E-state index is 6.35. The first kappa shape index (κ1) is 16.1. The van der Waals surface area contributed by atoms with Crippen LogP contribution in [0.15, 0.2) is 53.9 Å². The van der Waals surface area contributed by atoms with Gasteiger partial charge in [0.1, 0.15) is 0 Å². The molecule has 0 saturated heterocycles. The second-order valence-electron chi connectivity index (χ2n) is 5.95. The van der Waals surface area contributed by atoms with E-state index in [1.807, 2.05) is 24.3 Å². The summed E-state index contributed by atoms with van der Waals surface area (Å²) in [6, 6.07) is 7.65. The van der Waals surface area contributed by atoms with Crippen LogP contribution in [0.25, 0.3) is 11.1 Å². The van der Waals surface area contributed by atoms with E-state index in [-0.39, 0.29) is 0 Å². The maximum atomic E-state index is 6.35. The molecule has 0 amide bonds. The molecule has 1 aliphatic carbocycles. The lowest BCUT2D eigenvalue weighted by atomic mass is 9.99. The van der Waals surface area contributed by atoms with Crippen LogP contribution in [0.3, 0.4) is 0 Å². The van der Waals surface area contributed by atoms with E-state index in [1.54, 1.807) is 6.20 Å². The Morgan fingerprint density at radius 1 is 1.17 bits per heavy atom. The number of allylic oxidation sites excluding steroid dienone is 3. The smallest absolute Gasteiger partial charge is 0.153 e. The van der Waals surface area contributed by atoms with Crippen molar-refractivity contribution in [2.75, 3.05) is 16.8 Å². The van der Waals surface area contributed by atoms with Gasteiger partial charge in [0, 0.05) is 35.3 Å². The zero-order chi connectivity index (χ0) is 17.1. The molecule has 0 fully saturated rings. The molecule has 0 spiro atoms. The number of hydrogen-bond acceptors (Lipinski definition) is 5. The average molecular weight is 321 g/mol. The Hall–Kier alpha value is -2.79. The van der Waals surface area contributed by atoms with Crippen LogP contribution in [0.2, 0.25) is 0 Å². The molecule has 0 bridgehead atoms. The van der Waals surface area contributed by atoms with Crippen LogP contribution in [0, 0.1) is 0 Å². The van der Waals surface area contributed by atoms with Gasteiger partial charge in [-0.2, -0.15) is 0 Å². The summed E-state index contributed by atoms with van der Waals surface area (Å²) >= 11 is 0. The topological polar surface area (TPSA) is 103 Å². The summed E-state index contributed by atoms with van der Waals surface area (Å²) in [7, 11) is 0. The van der Waals surface area contributed by atoms with Crippen LogP contribution in [-0.2, 0) is 6.54 Å². The SMILES string of the molecule is CC1=CCCC=C1Nc1ncc(-c2cccc(N)c2)c(CN)c1N. The van der Waals surface area contributed by atoms with Gasteiger partial charge in [0.15, 0.2) is 5.82 Å². The number of rotatable bonds is 4. The van der Waals surface area contributed by atoms with Crippen LogP contribution >= 0.6 is 0 Å². The van der Waals surface area contributed by atoms with Gasteiger partial charge < -0.3 is 22.5 Å². The minimum absolute atomic E-state index is 0.334. The van der Waals surface area contributed by atoms with Gasteiger partial charge in [-0.1, -0.05) is 24.3 Å². The van der Waals surface area contributed by atoms with E-state index in [1.165, 1.54) is 5.57 Å². The van der Waals surface area contributed by atoms with E-state index in [4.69, 9.17) is 17.2 Å². The van der Waals surface area contributed by atoms with Gasteiger partial charge in [0.25, 0.3) is 0 Å². The molecular weight excluding hydrogens is 298 g/mol. The van der Waals surface area contributed by atoms with Crippen LogP contribution in [0.5, 0.6) is 0 Å². The fourth-order valence-electron chi connectivity index (χ4n) is 2.91. The minimum Gasteiger partial charge on any atom is -0.399 e. The third kappa shape index (κ3) is 3.12. The summed E-state index contributed by atoms with van der Waals surface area (Å²) < 4.78 is 0. The van der Waals surface area contributed by atoms with Crippen molar-refractivity contribution in [3.8, 4) is 11.1 Å². The number of nitrogen functional groups attached to an aromatic ring is 2. The van der Waals surface area contributed by atoms with Crippen molar-refractivity contribution in [3.63, 3.8) is 0 Å². The summed E-state index contributed by atoms with van der Waals surface area (Å²) in [4.78, 5) is 4.52. The van der Waals surface area contributed by atoms with Crippen molar-refractivity contribution < 1.29 is 0 Å². The second-order valence-corrected chi connectivity index (χ2v) is 5.95. The van der Waals surface area contributed by atoms with Gasteiger partial charge in [0.2, 0.25) is 0 Å². The summed E-state index contributed by atoms with van der Waals surface area (Å²) in [5.74, 6) is 0.643. The van der Waals surface area contributed by atoms with Gasteiger partial charge in [-0.05, 0) is 43.0 Å². The molecule has 24 heavy (non-hydrogen) atoms. The maximum Gasteiger partial charge on any atom is 0.153 e. The standard InChI is InChI=1S/C19H23N5/c1-12-5-2-3-8-17(12)24-19-18(22)15(10-20)16(11-23-19)13-6-4-7-14(21)9-13/h4-9,11H,2-3,10,20-22H2,1H3,(H,23,24). The number of benzene rings is 1. The van der Waals surface area contributed by atoms with Gasteiger partial charge in [-0.25, -0.2) is 4.98 Å². The number of anilines is 3. The molecular formula is C19H23N5. The Morgan fingerprint density at radius 3 is 2.67 bits per heavy atom. The molecule has 0 aliphatic heterocycles. The van der Waals surface area contributed by atoms with Crippen LogP contribution in [-0.4, -0.2) is 4.98 Å². The molecule has 3 rings (SSSR count). The lowest BCUT2D eigenvalue weighted by Crippen LogP contribution is -2.11. The van der Waals surface area contributed by atoms with E-state index in [0.29, 0.717) is 23.7 Å². The van der Waals surface area contributed by atoms with Crippen LogP contribution in [0.4, 0.5) is 17.2 Å². The van der Waals surface area contributed by atoms with E-state index < -0.39 is 0 Å². The molecule has 0 unspecified atom stereocenters. The van der Waals surface area contributed by atoms with Crippen molar-refractivity contribution in [3.05, 3.63) is 59.4 Å². The Morgan fingerprint density at radius 2 is 1.96 bits per heavy atom. The molecule has 1 heterocycles. The number of pyridine rings is 1. The highest BCUT2D eigenvalue weighted by molar-refractivity contribution is 5.80. The first-order valence-electron chi connectivity index (χ1n) is 8.07. The molecule has 1 aliphatic rings. The fraction of sp³-hybridized carbons (Fsp3) is 0.211. The fourth-order valence-corrected chi connectivity index (χ4v) is 2.91. The molecule has 5 heteroatoms. The summed E-state index contributed by atoms with van der Waals surface area (Å²) in [6.07, 6.45) is 8.28. The molecule has 2 aromatic rings. The number of nitrogens with zero attached hydrogens (tertiary/aromatic N) is 1. The highest BCUT2D eigenvalue weighted by Crippen LogP contribution is 2.33. The number of nitrogens with one attached hydrogen (secondary N) is 1. The molecule has 124 valence electrons. The van der Waals surface area contributed by atoms with Crippen molar-refractivity contribution >= 4 is 17.2 Å². The summed E-state index contributed by atoms with van der Waals surface area (Å²) in [5.41, 5.74) is 24.5. The Kier molecular flexibility index (Phi) is 4.53. The number of aromatic nitrogens is 1. The quantitative estimate of drug-likeness (QED) is 0.646. The van der Waals surface area contributed by atoms with E-state index in [2.05, 4.69) is 29.4 Å². The second kappa shape index (κ2) is 6.76. The van der Waals surface area contributed by atoms with Gasteiger partial charge in [0.05, 0.1) is 5.69 Å². The molecule has 7 N–H and O–H groups in total. The van der Waals surface area contributed by atoms with Crippen LogP contribution in [0.1, 0.15) is 25.3 Å². The first-order chi connectivity index (χ1) is 11.6. The summed E-state index contributed by atoms with van der Waals surface area (Å²) in [5, 5.41) is 3.34. The molecule has 0 radical (unpaired) electrons. The first-order valence-corrected chi connectivity index (χ1v) is 8.07. The molecule has 0 saturated carbocycles. The van der Waals surface area contributed by atoms with Gasteiger partial charge in [-0.15, -0.1) is 0 Å². The minimum atomic E-state index is 0.334. The van der Waals surface area contributed by atoms with E-state index in [9.17, 15) is 0 Å². The monoisotopic (exact) mass is 321 g/mol. The van der Waals surface area contributed by atoms with E-state index in [0.717, 1.165) is 35.2 Å². The van der Waals surface area contributed by atoms with Gasteiger partial charge >= 0.3 is 0 Å². The molecule has 1 aromatic heterocycles. The Labute approximate surface area is 142 Å². The van der Waals surface area contributed by atoms with Crippen molar-refractivity contribution in [1.82, 2.24) is 4.98 Å². The Bertz CT molecular complexity index is 821. The molecule has 1 aromatic carbocycles.